The smallest absolute Gasteiger partial charge is 0.287 e. The number of nitrogens with one attached hydrogen (secondary N) is 1. The van der Waals surface area contributed by atoms with Gasteiger partial charge < -0.3 is 15.4 Å². The molecule has 0 aliphatic heterocycles. The van der Waals surface area contributed by atoms with Crippen molar-refractivity contribution in [3.8, 4) is 5.75 Å². The van der Waals surface area contributed by atoms with E-state index in [1.54, 1.807) is 0 Å². The number of hydrogen-bond acceptors (Lipinski definition) is 2. The van der Waals surface area contributed by atoms with Crippen molar-refractivity contribution in [2.24, 2.45) is 0 Å². The van der Waals surface area contributed by atoms with Gasteiger partial charge in [0.1, 0.15) is 18.9 Å². The zero-order valence-electron chi connectivity index (χ0n) is 16.4. The number of anilines is 1. The Bertz CT molecular complexity index is 895. The maximum atomic E-state index is 13.1. The summed E-state index contributed by atoms with van der Waals surface area (Å²) in [6.07, 6.45) is 0. The van der Waals surface area contributed by atoms with Crippen LogP contribution in [0.15, 0.2) is 78.9 Å². The number of aryl methyl sites for hydroxylation is 2. The van der Waals surface area contributed by atoms with E-state index in [9.17, 15) is 4.79 Å². The lowest BCUT2D eigenvalue weighted by atomic mass is 10.1. The summed E-state index contributed by atoms with van der Waals surface area (Å²) >= 11 is 0. The topological polar surface area (TPSA) is 54.9 Å². The third-order valence-electron chi connectivity index (χ3n) is 4.62. The summed E-state index contributed by atoms with van der Waals surface area (Å²) in [6, 6.07) is 25.3. The van der Waals surface area contributed by atoms with Crippen molar-refractivity contribution < 1.29 is 14.8 Å². The zero-order valence-corrected chi connectivity index (χ0v) is 16.4. The van der Waals surface area contributed by atoms with Crippen molar-refractivity contribution in [1.82, 2.24) is 0 Å². The molecular formula is C24H27N2O2+. The molecule has 0 saturated heterocycles. The first-order valence-electron chi connectivity index (χ1n) is 9.58. The third kappa shape index (κ3) is 5.44. The molecule has 3 N–H and O–H groups in total. The normalized spacial score (nSPS) is 11.6. The maximum Gasteiger partial charge on any atom is 0.287 e. The Morgan fingerprint density at radius 3 is 2.36 bits per heavy atom. The van der Waals surface area contributed by atoms with Gasteiger partial charge in [0, 0.05) is 11.3 Å². The summed E-state index contributed by atoms with van der Waals surface area (Å²) in [5, 5.41) is 5.12. The molecule has 0 aliphatic carbocycles. The van der Waals surface area contributed by atoms with Gasteiger partial charge in [-0.3, -0.25) is 4.79 Å². The minimum Gasteiger partial charge on any atom is -0.488 e. The summed E-state index contributed by atoms with van der Waals surface area (Å²) < 4.78 is 5.76. The van der Waals surface area contributed by atoms with Crippen LogP contribution < -0.4 is 15.4 Å². The molecule has 0 aromatic heterocycles. The fourth-order valence-electron chi connectivity index (χ4n) is 3.06. The Balaban J connectivity index is 1.66. The number of carbonyl (C=O) groups is 1. The van der Waals surface area contributed by atoms with E-state index in [-0.39, 0.29) is 11.9 Å². The van der Waals surface area contributed by atoms with E-state index in [0.29, 0.717) is 13.2 Å². The second kappa shape index (κ2) is 9.72. The van der Waals surface area contributed by atoms with Crippen LogP contribution in [0.1, 0.15) is 22.7 Å². The van der Waals surface area contributed by atoms with E-state index in [0.717, 1.165) is 28.1 Å². The Hall–Kier alpha value is -3.11. The molecule has 0 unspecified atom stereocenters. The van der Waals surface area contributed by atoms with Gasteiger partial charge in [0.05, 0.1) is 0 Å². The molecule has 3 rings (SSSR count). The average Bonchev–Trinajstić information content (AvgIpc) is 2.72. The molecule has 0 spiro atoms. The van der Waals surface area contributed by atoms with E-state index >= 15 is 0 Å². The van der Waals surface area contributed by atoms with E-state index in [1.165, 1.54) is 0 Å². The highest BCUT2D eigenvalue weighted by Gasteiger charge is 2.24. The highest BCUT2D eigenvalue weighted by atomic mass is 16.5. The molecule has 0 heterocycles. The molecule has 0 fully saturated rings. The van der Waals surface area contributed by atoms with Gasteiger partial charge in [0.2, 0.25) is 0 Å². The van der Waals surface area contributed by atoms with E-state index in [2.05, 4.69) is 5.32 Å². The summed E-state index contributed by atoms with van der Waals surface area (Å²) in [6.45, 7) is 5.24. The summed E-state index contributed by atoms with van der Waals surface area (Å²) in [5.74, 6) is 0.812. The first kappa shape index (κ1) is 19.6. The molecule has 0 radical (unpaired) electrons. The number of amides is 1. The Kier molecular flexibility index (Phi) is 6.82. The number of para-hydroxylation sites is 1. The number of hydrogen-bond donors (Lipinski definition) is 2. The largest absolute Gasteiger partial charge is 0.488 e. The lowest BCUT2D eigenvalue weighted by Crippen LogP contribution is -2.88. The van der Waals surface area contributed by atoms with Crippen LogP contribution >= 0.6 is 0 Å². The maximum absolute atomic E-state index is 13.1. The molecule has 144 valence electrons. The lowest BCUT2D eigenvalue weighted by Gasteiger charge is -2.17. The van der Waals surface area contributed by atoms with Crippen LogP contribution in [0.5, 0.6) is 5.75 Å². The van der Waals surface area contributed by atoms with Crippen molar-refractivity contribution in [3.05, 3.63) is 95.6 Å². The predicted molar refractivity (Wildman–Crippen MR) is 112 cm³/mol. The lowest BCUT2D eigenvalue weighted by molar-refractivity contribution is -0.682. The van der Waals surface area contributed by atoms with Crippen molar-refractivity contribution in [2.75, 3.05) is 18.5 Å². The van der Waals surface area contributed by atoms with Gasteiger partial charge in [-0.2, -0.15) is 0 Å². The third-order valence-corrected chi connectivity index (χ3v) is 4.62. The van der Waals surface area contributed by atoms with Crippen molar-refractivity contribution in [2.45, 2.75) is 19.9 Å². The molecule has 0 bridgehead atoms. The van der Waals surface area contributed by atoms with Crippen LogP contribution in [0.25, 0.3) is 0 Å². The monoisotopic (exact) mass is 375 g/mol. The van der Waals surface area contributed by atoms with Crippen LogP contribution in [0.4, 0.5) is 5.69 Å². The standard InChI is InChI=1S/C24H26N2O2/c1-18-13-14-19(2)22(17-18)26-24(27)23(20-9-5-3-6-10-20)25-15-16-28-21-11-7-4-8-12-21/h3-14,17,23,25H,15-16H2,1-2H3,(H,26,27)/p+1/t23-/m1/s1. The average molecular weight is 375 g/mol. The van der Waals surface area contributed by atoms with Gasteiger partial charge in [-0.25, -0.2) is 0 Å². The Morgan fingerprint density at radius 1 is 0.964 bits per heavy atom. The van der Waals surface area contributed by atoms with Gasteiger partial charge in [0.25, 0.3) is 5.91 Å². The minimum absolute atomic E-state index is 0.0281. The van der Waals surface area contributed by atoms with Crippen LogP contribution in [0, 0.1) is 13.8 Å². The molecule has 4 nitrogen and oxygen atoms in total. The van der Waals surface area contributed by atoms with Gasteiger partial charge in [-0.15, -0.1) is 0 Å². The highest BCUT2D eigenvalue weighted by molar-refractivity contribution is 5.95. The molecule has 4 heteroatoms. The quantitative estimate of drug-likeness (QED) is 0.591. The second-order valence-electron chi connectivity index (χ2n) is 6.88. The Labute approximate surface area is 166 Å². The highest BCUT2D eigenvalue weighted by Crippen LogP contribution is 2.18. The molecule has 3 aromatic rings. The predicted octanol–water partition coefficient (Wildman–Crippen LogP) is 3.63. The first-order chi connectivity index (χ1) is 13.6. The van der Waals surface area contributed by atoms with E-state index in [1.807, 2.05) is 98.0 Å². The fraction of sp³-hybridized carbons (Fsp3) is 0.208. The molecule has 0 saturated carbocycles. The zero-order chi connectivity index (χ0) is 19.8. The number of benzene rings is 3. The first-order valence-corrected chi connectivity index (χ1v) is 9.58. The SMILES string of the molecule is Cc1ccc(C)c(NC(=O)[C@H]([NH2+]CCOc2ccccc2)c2ccccc2)c1. The molecule has 1 amide bonds. The van der Waals surface area contributed by atoms with Crippen LogP contribution in [0.2, 0.25) is 0 Å². The van der Waals surface area contributed by atoms with Gasteiger partial charge >= 0.3 is 0 Å². The second-order valence-corrected chi connectivity index (χ2v) is 6.88. The summed E-state index contributed by atoms with van der Waals surface area (Å²) in [5.41, 5.74) is 4.01. The van der Waals surface area contributed by atoms with Crippen molar-refractivity contribution >= 4 is 11.6 Å². The molecule has 3 aromatic carbocycles. The van der Waals surface area contributed by atoms with Crippen LogP contribution in [0.3, 0.4) is 0 Å². The van der Waals surface area contributed by atoms with E-state index in [4.69, 9.17) is 4.74 Å². The van der Waals surface area contributed by atoms with E-state index < -0.39 is 0 Å². The number of carbonyl (C=O) groups excluding carboxylic acids is 1. The molecule has 1 atom stereocenters. The van der Waals surface area contributed by atoms with Crippen LogP contribution in [-0.2, 0) is 4.79 Å². The molecule has 28 heavy (non-hydrogen) atoms. The summed E-state index contributed by atoms with van der Waals surface area (Å²) in [7, 11) is 0. The van der Waals surface area contributed by atoms with Crippen molar-refractivity contribution in [3.63, 3.8) is 0 Å². The number of nitrogens with two attached hydrogens (primary N) is 1. The fourth-order valence-corrected chi connectivity index (χ4v) is 3.06. The van der Waals surface area contributed by atoms with Gasteiger partial charge in [-0.1, -0.05) is 60.7 Å². The van der Waals surface area contributed by atoms with Gasteiger partial charge in [-0.05, 0) is 43.2 Å². The summed E-state index contributed by atoms with van der Waals surface area (Å²) in [4.78, 5) is 13.1. The van der Waals surface area contributed by atoms with Crippen LogP contribution in [-0.4, -0.2) is 19.1 Å². The number of quaternary nitrogens is 1. The number of rotatable bonds is 8. The van der Waals surface area contributed by atoms with Gasteiger partial charge in [0.15, 0.2) is 6.04 Å². The Morgan fingerprint density at radius 2 is 1.64 bits per heavy atom. The number of ether oxygens (including phenoxy) is 1. The minimum atomic E-state index is -0.333. The van der Waals surface area contributed by atoms with Crippen molar-refractivity contribution in [1.29, 1.82) is 0 Å². The molecular weight excluding hydrogens is 348 g/mol. The molecule has 0 aliphatic rings.